The van der Waals surface area contributed by atoms with E-state index in [2.05, 4.69) is 20.8 Å². The fourth-order valence-electron chi connectivity index (χ4n) is 3.62. The third-order valence-electron chi connectivity index (χ3n) is 5.28. The Labute approximate surface area is 191 Å². The van der Waals surface area contributed by atoms with Gasteiger partial charge < -0.3 is 4.90 Å². The van der Waals surface area contributed by atoms with Gasteiger partial charge in [-0.25, -0.2) is 24.2 Å². The molecule has 34 heavy (non-hydrogen) atoms. The lowest BCUT2D eigenvalue weighted by Crippen LogP contribution is -2.48. The van der Waals surface area contributed by atoms with Crippen LogP contribution in [-0.4, -0.2) is 34.4 Å². The maximum absolute atomic E-state index is 14.9. The lowest BCUT2D eigenvalue weighted by molar-refractivity contribution is -0.137. The fraction of sp³-hybridized carbons (Fsp3) is 0.227. The van der Waals surface area contributed by atoms with Crippen molar-refractivity contribution in [2.45, 2.75) is 19.1 Å². The second-order valence-electron chi connectivity index (χ2n) is 7.74. The van der Waals surface area contributed by atoms with Crippen LogP contribution in [0.15, 0.2) is 49.1 Å². The lowest BCUT2D eigenvalue weighted by Gasteiger charge is -2.30. The average Bonchev–Trinajstić information content (AvgIpc) is 2.79. The molecule has 0 aliphatic carbocycles. The van der Waals surface area contributed by atoms with Crippen LogP contribution in [0.4, 0.5) is 33.3 Å². The molecule has 1 aliphatic heterocycles. The summed E-state index contributed by atoms with van der Waals surface area (Å²) in [6.45, 7) is 1.22. The number of benzene rings is 2. The van der Waals surface area contributed by atoms with Crippen molar-refractivity contribution in [3.63, 3.8) is 0 Å². The smallest absolute Gasteiger partial charge is 0.302 e. The molecule has 0 atom stereocenters. The first-order chi connectivity index (χ1) is 16.1. The topological polar surface area (TPSA) is 73.4 Å². The van der Waals surface area contributed by atoms with Crippen LogP contribution in [0, 0.1) is 11.6 Å². The van der Waals surface area contributed by atoms with Gasteiger partial charge in [-0.05, 0) is 48.9 Å². The van der Waals surface area contributed by atoms with E-state index < -0.39 is 35.0 Å². The number of hydrogen-bond donors (Lipinski definition) is 2. The molecule has 0 radical (unpaired) electrons. The highest BCUT2D eigenvalue weighted by molar-refractivity contribution is 5.94. The van der Waals surface area contributed by atoms with Crippen LogP contribution in [0.1, 0.15) is 27.0 Å². The third-order valence-corrected chi connectivity index (χ3v) is 5.28. The molecule has 0 unspecified atom stereocenters. The van der Waals surface area contributed by atoms with Gasteiger partial charge in [0.15, 0.2) is 5.82 Å². The van der Waals surface area contributed by atoms with Gasteiger partial charge in [0.25, 0.3) is 5.91 Å². The number of alkyl halides is 3. The molecule has 1 amide bonds. The Balaban J connectivity index is 1.77. The van der Waals surface area contributed by atoms with Gasteiger partial charge in [-0.2, -0.15) is 18.3 Å². The summed E-state index contributed by atoms with van der Waals surface area (Å²) < 4.78 is 70.8. The molecule has 0 fully saturated rings. The first-order valence-electron chi connectivity index (χ1n) is 10.1. The molecule has 2 N–H and O–H groups in total. The molecular formula is C22H19F5N6O. The number of halogens is 5. The van der Waals surface area contributed by atoms with Crippen LogP contribution in [0.5, 0.6) is 0 Å². The van der Waals surface area contributed by atoms with Gasteiger partial charge >= 0.3 is 6.18 Å². The summed E-state index contributed by atoms with van der Waals surface area (Å²) in [6, 6.07) is 5.06. The van der Waals surface area contributed by atoms with Crippen molar-refractivity contribution in [1.82, 2.24) is 20.3 Å². The Morgan fingerprint density at radius 1 is 1.09 bits per heavy atom. The number of rotatable bonds is 5. The Morgan fingerprint density at radius 2 is 1.82 bits per heavy atom. The SMILES string of the molecule is CN1CCc2cc(F)c(NN(NC(=O)c3cncnc3)c3c(F)cccc3C(F)(F)F)cc2C1. The molecule has 1 aromatic heterocycles. The Kier molecular flexibility index (Phi) is 6.33. The van der Waals surface area contributed by atoms with Gasteiger partial charge in [0.1, 0.15) is 17.8 Å². The van der Waals surface area contributed by atoms with Crippen molar-refractivity contribution in [1.29, 1.82) is 0 Å². The summed E-state index contributed by atoms with van der Waals surface area (Å²) in [5.74, 6) is -3.00. The second kappa shape index (κ2) is 9.21. The average molecular weight is 478 g/mol. The lowest BCUT2D eigenvalue weighted by atomic mass is 9.99. The molecular weight excluding hydrogens is 459 g/mol. The fourth-order valence-corrected chi connectivity index (χ4v) is 3.62. The zero-order chi connectivity index (χ0) is 24.5. The van der Waals surface area contributed by atoms with Crippen molar-refractivity contribution in [3.8, 4) is 0 Å². The second-order valence-corrected chi connectivity index (χ2v) is 7.74. The van der Waals surface area contributed by atoms with Gasteiger partial charge in [-0.15, -0.1) is 0 Å². The number of nitrogens with zero attached hydrogens (tertiary/aromatic N) is 4. The summed E-state index contributed by atoms with van der Waals surface area (Å²) in [6.07, 6.45) is -0.952. The highest BCUT2D eigenvalue weighted by Gasteiger charge is 2.37. The predicted molar refractivity (Wildman–Crippen MR) is 113 cm³/mol. The first-order valence-corrected chi connectivity index (χ1v) is 10.1. The largest absolute Gasteiger partial charge is 0.418 e. The standard InChI is InChI=1S/C22H19F5N6O/c1-32-6-5-13-7-18(24)19(8-14(13)11-32)30-33(31-21(34)15-9-28-12-29-10-15)20-16(22(25,26)27)3-2-4-17(20)23/h2-4,7-10,12,30H,5-6,11H2,1H3,(H,31,34). The maximum atomic E-state index is 14.9. The van der Waals surface area contributed by atoms with Gasteiger partial charge in [0.05, 0.1) is 16.8 Å². The van der Waals surface area contributed by atoms with Crippen molar-refractivity contribution < 1.29 is 26.7 Å². The number of carbonyl (C=O) groups is 1. The van der Waals surface area contributed by atoms with Crippen molar-refractivity contribution in [3.05, 3.63) is 82.9 Å². The van der Waals surface area contributed by atoms with E-state index in [1.807, 2.05) is 11.9 Å². The number of anilines is 2. The van der Waals surface area contributed by atoms with Crippen LogP contribution in [0.25, 0.3) is 0 Å². The Hall–Kier alpha value is -3.80. The normalized spacial score (nSPS) is 13.8. The minimum atomic E-state index is -4.96. The van der Waals surface area contributed by atoms with Crippen LogP contribution >= 0.6 is 0 Å². The van der Waals surface area contributed by atoms with Crippen LogP contribution in [-0.2, 0) is 19.1 Å². The molecule has 12 heteroatoms. The summed E-state index contributed by atoms with van der Waals surface area (Å²) in [4.78, 5) is 22.0. The molecule has 0 saturated heterocycles. The van der Waals surface area contributed by atoms with Crippen LogP contribution in [0.3, 0.4) is 0 Å². The number of hydrogen-bond acceptors (Lipinski definition) is 6. The van der Waals surface area contributed by atoms with Crippen LogP contribution in [0.2, 0.25) is 0 Å². The monoisotopic (exact) mass is 478 g/mol. The van der Waals surface area contributed by atoms with Gasteiger partial charge in [0, 0.05) is 25.5 Å². The van der Waals surface area contributed by atoms with E-state index in [0.717, 1.165) is 48.5 Å². The number of carbonyl (C=O) groups excluding carboxylic acids is 1. The minimum Gasteiger partial charge on any atom is -0.302 e. The number of amides is 1. The van der Waals surface area contributed by atoms with E-state index in [1.54, 1.807) is 0 Å². The summed E-state index contributed by atoms with van der Waals surface area (Å²) in [5, 5.41) is 0.421. The quantitative estimate of drug-likeness (QED) is 0.428. The first kappa shape index (κ1) is 23.4. The molecule has 7 nitrogen and oxygen atoms in total. The minimum absolute atomic E-state index is 0.105. The molecule has 1 aliphatic rings. The van der Waals surface area contributed by atoms with Crippen molar-refractivity contribution in [2.75, 3.05) is 24.1 Å². The molecule has 0 spiro atoms. The number of likely N-dealkylation sites (N-methyl/N-ethyl adjacent to an activating group) is 1. The number of nitrogens with one attached hydrogen (secondary N) is 2. The maximum Gasteiger partial charge on any atom is 0.418 e. The number of aromatic nitrogens is 2. The molecule has 178 valence electrons. The van der Waals surface area contributed by atoms with Crippen molar-refractivity contribution in [2.24, 2.45) is 0 Å². The molecule has 0 saturated carbocycles. The van der Waals surface area contributed by atoms with E-state index in [4.69, 9.17) is 0 Å². The Morgan fingerprint density at radius 3 is 2.53 bits per heavy atom. The van der Waals surface area contributed by atoms with Crippen molar-refractivity contribution >= 4 is 17.3 Å². The zero-order valence-electron chi connectivity index (χ0n) is 17.8. The summed E-state index contributed by atoms with van der Waals surface area (Å²) in [5.41, 5.74) is 3.33. The third kappa shape index (κ3) is 4.91. The van der Waals surface area contributed by atoms with Gasteiger partial charge in [-0.3, -0.25) is 10.2 Å². The summed E-state index contributed by atoms with van der Waals surface area (Å²) in [7, 11) is 1.88. The Bertz CT molecular complexity index is 1200. The predicted octanol–water partition coefficient (Wildman–Crippen LogP) is 3.94. The van der Waals surface area contributed by atoms with Crippen LogP contribution < -0.4 is 16.0 Å². The molecule has 3 aromatic rings. The van der Waals surface area contributed by atoms with E-state index in [9.17, 15) is 26.7 Å². The number of fused-ring (bicyclic) bond motifs is 1. The summed E-state index contributed by atoms with van der Waals surface area (Å²) >= 11 is 0. The van der Waals surface area contributed by atoms with E-state index >= 15 is 0 Å². The van der Waals surface area contributed by atoms with E-state index in [-0.39, 0.29) is 11.3 Å². The highest BCUT2D eigenvalue weighted by atomic mass is 19.4. The number of para-hydroxylation sites is 1. The molecule has 2 aromatic carbocycles. The highest BCUT2D eigenvalue weighted by Crippen LogP contribution is 2.38. The molecule has 0 bridgehead atoms. The number of hydrazine groups is 2. The molecule has 4 rings (SSSR count). The zero-order valence-corrected chi connectivity index (χ0v) is 17.8. The molecule has 2 heterocycles. The van der Waals surface area contributed by atoms with Gasteiger partial charge in [0.2, 0.25) is 0 Å². The van der Waals surface area contributed by atoms with E-state index in [1.165, 1.54) is 12.1 Å². The van der Waals surface area contributed by atoms with E-state index in [0.29, 0.717) is 24.1 Å². The van der Waals surface area contributed by atoms with Gasteiger partial charge in [-0.1, -0.05) is 6.07 Å².